The first-order chi connectivity index (χ1) is 10.3. The zero-order valence-electron chi connectivity index (χ0n) is 13.8. The van der Waals surface area contributed by atoms with Crippen LogP contribution in [0.2, 0.25) is 0 Å². The fourth-order valence-corrected chi connectivity index (χ4v) is 2.00. The summed E-state index contributed by atoms with van der Waals surface area (Å²) in [6.07, 6.45) is -5.64. The number of rotatable bonds is 7. The summed E-state index contributed by atoms with van der Waals surface area (Å²) in [7, 11) is 1.12. The summed E-state index contributed by atoms with van der Waals surface area (Å²) in [6, 6.07) is -1.04. The molecule has 0 bridgehead atoms. The fourth-order valence-electron chi connectivity index (χ4n) is 2.00. The van der Waals surface area contributed by atoms with E-state index in [2.05, 4.69) is 10.1 Å². The molecular formula is C14H23F3N2O4. The van der Waals surface area contributed by atoms with E-state index in [0.717, 1.165) is 14.0 Å². The smallest absolute Gasteiger partial charge is 0.411 e. The number of alkyl halides is 3. The molecule has 2 atom stereocenters. The molecule has 0 spiro atoms. The Morgan fingerprint density at radius 3 is 2.04 bits per heavy atom. The van der Waals surface area contributed by atoms with Crippen LogP contribution in [0.15, 0.2) is 0 Å². The van der Waals surface area contributed by atoms with Crippen LogP contribution in [-0.2, 0) is 19.1 Å². The average Bonchev–Trinajstić information content (AvgIpc) is 2.33. The number of nitrogens with one attached hydrogen (secondary N) is 2. The van der Waals surface area contributed by atoms with Crippen molar-refractivity contribution in [3.63, 3.8) is 0 Å². The van der Waals surface area contributed by atoms with Crippen LogP contribution >= 0.6 is 0 Å². The maximum absolute atomic E-state index is 13.1. The summed E-state index contributed by atoms with van der Waals surface area (Å²) < 4.78 is 43.9. The summed E-state index contributed by atoms with van der Waals surface area (Å²) in [5.41, 5.74) is -2.72. The Labute approximate surface area is 133 Å². The normalized spacial score (nSPS) is 15.5. The zero-order chi connectivity index (χ0) is 18.4. The van der Waals surface area contributed by atoms with Gasteiger partial charge in [0.15, 0.2) is 0 Å². The van der Waals surface area contributed by atoms with Gasteiger partial charge in [0, 0.05) is 6.92 Å². The number of carbonyl (C=O) groups excluding carboxylic acids is 3. The summed E-state index contributed by atoms with van der Waals surface area (Å²) in [4.78, 5) is 34.5. The molecule has 0 rings (SSSR count). The number of carbonyl (C=O) groups is 3. The lowest BCUT2D eigenvalue weighted by Crippen LogP contribution is -2.59. The van der Waals surface area contributed by atoms with Gasteiger partial charge in [-0.2, -0.15) is 13.2 Å². The fraction of sp³-hybridized carbons (Fsp3) is 0.786. The first-order valence-corrected chi connectivity index (χ1v) is 7.05. The second-order valence-corrected chi connectivity index (χ2v) is 5.96. The van der Waals surface area contributed by atoms with Gasteiger partial charge in [0.05, 0.1) is 13.5 Å². The van der Waals surface area contributed by atoms with Gasteiger partial charge >= 0.3 is 12.1 Å². The van der Waals surface area contributed by atoms with E-state index in [-0.39, 0.29) is 12.3 Å². The van der Waals surface area contributed by atoms with Crippen LogP contribution < -0.4 is 10.6 Å². The molecule has 0 fully saturated rings. The first-order valence-electron chi connectivity index (χ1n) is 7.05. The van der Waals surface area contributed by atoms with Crippen LogP contribution in [-0.4, -0.2) is 42.7 Å². The van der Waals surface area contributed by atoms with E-state index >= 15 is 0 Å². The second kappa shape index (κ2) is 8.16. The minimum atomic E-state index is -4.82. The molecule has 0 heterocycles. The highest BCUT2D eigenvalue weighted by Crippen LogP contribution is 2.32. The van der Waals surface area contributed by atoms with Gasteiger partial charge in [-0.1, -0.05) is 13.8 Å². The number of methoxy groups -OCH3 is 1. The molecule has 2 N–H and O–H groups in total. The standard InChI is InChI=1S/C14H23F3N2O4/c1-8(2)6-10(12(22)23-5)18-11(21)7-13(4,14(15,16)17)19-9(3)20/h8,10H,6-7H2,1-5H3,(H,18,21)(H,19,20)/t10-,13+/m0/s1. The average molecular weight is 340 g/mol. The van der Waals surface area contributed by atoms with Crippen LogP contribution in [0, 0.1) is 5.92 Å². The summed E-state index contributed by atoms with van der Waals surface area (Å²) in [5.74, 6) is -2.64. The molecule has 0 aromatic heterocycles. The van der Waals surface area contributed by atoms with Crippen molar-refractivity contribution in [3.05, 3.63) is 0 Å². The lowest BCUT2D eigenvalue weighted by Gasteiger charge is -2.32. The highest BCUT2D eigenvalue weighted by atomic mass is 19.4. The molecule has 2 amide bonds. The molecule has 0 saturated heterocycles. The third kappa shape index (κ3) is 6.87. The van der Waals surface area contributed by atoms with Gasteiger partial charge in [-0.05, 0) is 19.3 Å². The molecule has 6 nitrogen and oxygen atoms in total. The third-order valence-electron chi connectivity index (χ3n) is 3.12. The van der Waals surface area contributed by atoms with E-state index in [1.54, 1.807) is 19.2 Å². The molecule has 0 aromatic carbocycles. The third-order valence-corrected chi connectivity index (χ3v) is 3.12. The number of ether oxygens (including phenoxy) is 1. The SMILES string of the molecule is COC(=O)[C@H](CC(C)C)NC(=O)C[C@@](C)(NC(C)=O)C(F)(F)F. The molecule has 0 aliphatic heterocycles. The Kier molecular flexibility index (Phi) is 7.53. The molecular weight excluding hydrogens is 317 g/mol. The van der Waals surface area contributed by atoms with Crippen molar-refractivity contribution in [2.75, 3.05) is 7.11 Å². The highest BCUT2D eigenvalue weighted by Gasteiger charge is 2.53. The Bertz CT molecular complexity index is 452. The van der Waals surface area contributed by atoms with Crippen molar-refractivity contribution in [3.8, 4) is 0 Å². The van der Waals surface area contributed by atoms with Crippen LogP contribution in [0.4, 0.5) is 13.2 Å². The number of amides is 2. The summed E-state index contributed by atoms with van der Waals surface area (Å²) >= 11 is 0. The maximum Gasteiger partial charge on any atom is 0.411 e. The van der Waals surface area contributed by atoms with Gasteiger partial charge in [-0.15, -0.1) is 0 Å². The van der Waals surface area contributed by atoms with E-state index in [4.69, 9.17) is 0 Å². The van der Waals surface area contributed by atoms with Crippen LogP contribution in [0.1, 0.15) is 40.5 Å². The molecule has 0 unspecified atom stereocenters. The minimum Gasteiger partial charge on any atom is -0.467 e. The number of hydrogen-bond acceptors (Lipinski definition) is 4. The topological polar surface area (TPSA) is 84.5 Å². The Balaban J connectivity index is 5.11. The molecule has 0 radical (unpaired) electrons. The Hall–Kier alpha value is -1.80. The Morgan fingerprint density at radius 1 is 1.17 bits per heavy atom. The number of hydrogen-bond donors (Lipinski definition) is 2. The van der Waals surface area contributed by atoms with Gasteiger partial charge < -0.3 is 15.4 Å². The molecule has 0 saturated carbocycles. The first kappa shape index (κ1) is 21.2. The zero-order valence-corrected chi connectivity index (χ0v) is 13.8. The molecule has 23 heavy (non-hydrogen) atoms. The molecule has 0 aromatic rings. The molecule has 9 heteroatoms. The van der Waals surface area contributed by atoms with Crippen LogP contribution in [0.25, 0.3) is 0 Å². The highest BCUT2D eigenvalue weighted by molar-refractivity contribution is 5.85. The lowest BCUT2D eigenvalue weighted by atomic mass is 9.95. The van der Waals surface area contributed by atoms with Gasteiger partial charge in [-0.25, -0.2) is 4.79 Å². The van der Waals surface area contributed by atoms with Crippen molar-refractivity contribution in [1.29, 1.82) is 0 Å². The van der Waals surface area contributed by atoms with Crippen LogP contribution in [0.5, 0.6) is 0 Å². The van der Waals surface area contributed by atoms with E-state index in [1.165, 1.54) is 0 Å². The summed E-state index contributed by atoms with van der Waals surface area (Å²) in [5, 5.41) is 3.98. The van der Waals surface area contributed by atoms with Crippen molar-refractivity contribution in [1.82, 2.24) is 10.6 Å². The van der Waals surface area contributed by atoms with E-state index in [0.29, 0.717) is 6.92 Å². The second-order valence-electron chi connectivity index (χ2n) is 5.96. The van der Waals surface area contributed by atoms with Crippen molar-refractivity contribution in [2.24, 2.45) is 5.92 Å². The van der Waals surface area contributed by atoms with Crippen LogP contribution in [0.3, 0.4) is 0 Å². The Morgan fingerprint density at radius 2 is 1.70 bits per heavy atom. The van der Waals surface area contributed by atoms with Gasteiger partial charge in [0.2, 0.25) is 11.8 Å². The maximum atomic E-state index is 13.1. The van der Waals surface area contributed by atoms with E-state index < -0.39 is 42.0 Å². The number of esters is 1. The van der Waals surface area contributed by atoms with Crippen molar-refractivity contribution in [2.45, 2.75) is 58.3 Å². The van der Waals surface area contributed by atoms with E-state index in [9.17, 15) is 27.6 Å². The molecule has 0 aliphatic rings. The van der Waals surface area contributed by atoms with E-state index in [1.807, 2.05) is 0 Å². The number of halogens is 3. The van der Waals surface area contributed by atoms with Crippen molar-refractivity contribution >= 4 is 17.8 Å². The minimum absolute atomic E-state index is 0.0174. The van der Waals surface area contributed by atoms with Gasteiger partial charge in [0.25, 0.3) is 0 Å². The largest absolute Gasteiger partial charge is 0.467 e. The predicted molar refractivity (Wildman–Crippen MR) is 76.3 cm³/mol. The summed E-state index contributed by atoms with van der Waals surface area (Å²) in [6.45, 7) is 5.22. The van der Waals surface area contributed by atoms with Crippen molar-refractivity contribution < 1.29 is 32.3 Å². The molecule has 134 valence electrons. The lowest BCUT2D eigenvalue weighted by molar-refractivity contribution is -0.196. The van der Waals surface area contributed by atoms with Gasteiger partial charge in [0.1, 0.15) is 11.6 Å². The predicted octanol–water partition coefficient (Wildman–Crippen LogP) is 1.54. The van der Waals surface area contributed by atoms with Gasteiger partial charge in [-0.3, -0.25) is 9.59 Å². The molecule has 0 aliphatic carbocycles. The quantitative estimate of drug-likeness (QED) is 0.689. The monoisotopic (exact) mass is 340 g/mol.